The fraction of sp³-hybridized carbons (Fsp3) is 0.200. The molecular weight excluding hydrogens is 273 g/mol. The summed E-state index contributed by atoms with van der Waals surface area (Å²) in [5.41, 5.74) is 3.27. The van der Waals surface area contributed by atoms with Crippen LogP contribution < -0.4 is 5.32 Å². The first-order valence-electron chi connectivity index (χ1n) is 6.48. The molecule has 2 aromatic carbocycles. The average Bonchev–Trinajstić information content (AvgIpc) is 2.44. The Morgan fingerprint density at radius 2 is 1.50 bits per heavy atom. The van der Waals surface area contributed by atoms with E-state index in [0.29, 0.717) is 13.0 Å². The molecule has 2 rings (SSSR count). The quantitative estimate of drug-likeness (QED) is 0.564. The number of hydrogen-bond acceptors (Lipinski definition) is 2. The minimum Gasteiger partial charge on any atom is -0.385 e. The lowest BCUT2D eigenvalue weighted by atomic mass is 10.1. The van der Waals surface area contributed by atoms with Gasteiger partial charge in [0.1, 0.15) is 0 Å². The lowest BCUT2D eigenvalue weighted by Gasteiger charge is -2.08. The van der Waals surface area contributed by atoms with Crippen LogP contribution in [0.25, 0.3) is 11.1 Å². The predicted molar refractivity (Wildman–Crippen MR) is 81.9 cm³/mol. The summed E-state index contributed by atoms with van der Waals surface area (Å²) in [5.74, 6) is 0. The molecule has 0 fully saturated rings. The highest BCUT2D eigenvalue weighted by molar-refractivity contribution is 7.51. The maximum atomic E-state index is 10.7. The zero-order valence-electron chi connectivity index (χ0n) is 11.1. The van der Waals surface area contributed by atoms with E-state index in [2.05, 4.69) is 17.4 Å². The molecule has 0 aromatic heterocycles. The van der Waals surface area contributed by atoms with Crippen LogP contribution in [0.15, 0.2) is 54.6 Å². The number of benzene rings is 2. The van der Waals surface area contributed by atoms with E-state index in [0.717, 1.165) is 11.3 Å². The van der Waals surface area contributed by atoms with Crippen LogP contribution in [0.3, 0.4) is 0 Å². The van der Waals surface area contributed by atoms with E-state index in [1.54, 1.807) is 0 Å². The Morgan fingerprint density at radius 1 is 0.900 bits per heavy atom. The molecule has 0 unspecified atom stereocenters. The molecule has 0 aliphatic heterocycles. The van der Waals surface area contributed by atoms with Crippen LogP contribution in [-0.2, 0) is 4.57 Å². The smallest absolute Gasteiger partial charge is 0.325 e. The lowest BCUT2D eigenvalue weighted by molar-refractivity contribution is 0.372. The summed E-state index contributed by atoms with van der Waals surface area (Å²) in [6.07, 6.45) is 0.368. The first-order valence-corrected chi connectivity index (χ1v) is 8.28. The van der Waals surface area contributed by atoms with Gasteiger partial charge >= 0.3 is 7.60 Å². The van der Waals surface area contributed by atoms with Crippen LogP contribution in [-0.4, -0.2) is 22.5 Å². The van der Waals surface area contributed by atoms with Crippen molar-refractivity contribution in [1.29, 1.82) is 0 Å². The Hall–Kier alpha value is -1.61. The van der Waals surface area contributed by atoms with E-state index in [-0.39, 0.29) is 6.16 Å². The largest absolute Gasteiger partial charge is 0.385 e. The molecular formula is C15H18NO3P. The summed E-state index contributed by atoms with van der Waals surface area (Å²) in [7, 11) is -3.87. The van der Waals surface area contributed by atoms with E-state index in [9.17, 15) is 4.57 Å². The van der Waals surface area contributed by atoms with Crippen molar-refractivity contribution in [3.63, 3.8) is 0 Å². The molecule has 20 heavy (non-hydrogen) atoms. The Kier molecular flexibility index (Phi) is 4.96. The molecule has 0 heterocycles. The minimum absolute atomic E-state index is 0.0813. The topological polar surface area (TPSA) is 69.6 Å². The van der Waals surface area contributed by atoms with Gasteiger partial charge in [-0.25, -0.2) is 0 Å². The van der Waals surface area contributed by atoms with E-state index in [1.807, 2.05) is 42.5 Å². The molecule has 0 aliphatic rings. The Bertz CT molecular complexity index is 578. The van der Waals surface area contributed by atoms with Gasteiger partial charge in [0.25, 0.3) is 0 Å². The van der Waals surface area contributed by atoms with Gasteiger partial charge < -0.3 is 15.1 Å². The average molecular weight is 291 g/mol. The van der Waals surface area contributed by atoms with Crippen molar-refractivity contribution >= 4 is 13.3 Å². The number of anilines is 1. The van der Waals surface area contributed by atoms with Gasteiger partial charge in [0, 0.05) is 12.2 Å². The third kappa shape index (κ3) is 4.82. The summed E-state index contributed by atoms with van der Waals surface area (Å²) in [6.45, 7) is 0.551. The highest BCUT2D eigenvalue weighted by Crippen LogP contribution is 2.34. The molecule has 2 aromatic rings. The fourth-order valence-electron chi connectivity index (χ4n) is 1.93. The summed E-state index contributed by atoms with van der Waals surface area (Å²) >= 11 is 0. The molecule has 0 spiro atoms. The molecule has 0 bridgehead atoms. The van der Waals surface area contributed by atoms with Crippen LogP contribution in [0, 0.1) is 0 Å². The Balaban J connectivity index is 1.88. The summed E-state index contributed by atoms with van der Waals surface area (Å²) < 4.78 is 10.7. The van der Waals surface area contributed by atoms with Gasteiger partial charge in [0.05, 0.1) is 6.16 Å². The van der Waals surface area contributed by atoms with Crippen LogP contribution >= 0.6 is 7.60 Å². The van der Waals surface area contributed by atoms with Crippen molar-refractivity contribution in [3.8, 4) is 11.1 Å². The number of hydrogen-bond donors (Lipinski definition) is 3. The Labute approximate surface area is 118 Å². The lowest BCUT2D eigenvalue weighted by Crippen LogP contribution is -2.03. The van der Waals surface area contributed by atoms with Crippen molar-refractivity contribution in [2.24, 2.45) is 0 Å². The van der Waals surface area contributed by atoms with E-state index in [4.69, 9.17) is 9.79 Å². The van der Waals surface area contributed by atoms with Gasteiger partial charge in [0.15, 0.2) is 0 Å². The Morgan fingerprint density at radius 3 is 2.10 bits per heavy atom. The highest BCUT2D eigenvalue weighted by Gasteiger charge is 2.11. The first kappa shape index (κ1) is 14.8. The number of rotatable bonds is 6. The van der Waals surface area contributed by atoms with Gasteiger partial charge in [-0.15, -0.1) is 0 Å². The number of nitrogens with one attached hydrogen (secondary N) is 1. The molecule has 0 saturated heterocycles. The third-order valence-corrected chi connectivity index (χ3v) is 3.85. The van der Waals surface area contributed by atoms with Crippen molar-refractivity contribution in [2.75, 3.05) is 18.0 Å². The van der Waals surface area contributed by atoms with E-state index >= 15 is 0 Å². The van der Waals surface area contributed by atoms with E-state index < -0.39 is 7.60 Å². The molecule has 4 nitrogen and oxygen atoms in total. The van der Waals surface area contributed by atoms with Gasteiger partial charge in [-0.1, -0.05) is 42.5 Å². The van der Waals surface area contributed by atoms with Gasteiger partial charge in [-0.05, 0) is 29.7 Å². The molecule has 0 saturated carbocycles. The third-order valence-electron chi connectivity index (χ3n) is 2.95. The predicted octanol–water partition coefficient (Wildman–Crippen LogP) is 3.33. The monoisotopic (exact) mass is 291 g/mol. The highest BCUT2D eigenvalue weighted by atomic mass is 31.2. The summed E-state index contributed by atoms with van der Waals surface area (Å²) in [4.78, 5) is 17.5. The van der Waals surface area contributed by atoms with Gasteiger partial charge in [0.2, 0.25) is 0 Å². The SMILES string of the molecule is O=P(O)(O)CCCNc1ccc(-c2ccccc2)cc1. The van der Waals surface area contributed by atoms with Crippen LogP contribution in [0.2, 0.25) is 0 Å². The van der Waals surface area contributed by atoms with Gasteiger partial charge in [-0.2, -0.15) is 0 Å². The fourth-order valence-corrected chi connectivity index (χ4v) is 2.50. The molecule has 0 radical (unpaired) electrons. The minimum atomic E-state index is -3.87. The zero-order valence-corrected chi connectivity index (χ0v) is 12.0. The van der Waals surface area contributed by atoms with E-state index in [1.165, 1.54) is 5.56 Å². The van der Waals surface area contributed by atoms with Crippen LogP contribution in [0.5, 0.6) is 0 Å². The molecule has 0 aliphatic carbocycles. The summed E-state index contributed by atoms with van der Waals surface area (Å²) in [6, 6.07) is 18.1. The molecule has 3 N–H and O–H groups in total. The first-order chi connectivity index (χ1) is 9.54. The normalized spacial score (nSPS) is 11.3. The van der Waals surface area contributed by atoms with Crippen molar-refractivity contribution in [3.05, 3.63) is 54.6 Å². The summed E-state index contributed by atoms with van der Waals surface area (Å²) in [5, 5.41) is 3.15. The van der Waals surface area contributed by atoms with Crippen LogP contribution in [0.1, 0.15) is 6.42 Å². The van der Waals surface area contributed by atoms with Gasteiger partial charge in [-0.3, -0.25) is 4.57 Å². The second-order valence-corrected chi connectivity index (χ2v) is 6.39. The maximum Gasteiger partial charge on any atom is 0.325 e. The van der Waals surface area contributed by atoms with Crippen LogP contribution in [0.4, 0.5) is 5.69 Å². The zero-order chi connectivity index (χ0) is 14.4. The molecule has 0 atom stereocenters. The molecule has 0 amide bonds. The van der Waals surface area contributed by atoms with Crippen molar-refractivity contribution < 1.29 is 14.4 Å². The van der Waals surface area contributed by atoms with Crippen molar-refractivity contribution in [1.82, 2.24) is 0 Å². The second-order valence-electron chi connectivity index (χ2n) is 4.61. The van der Waals surface area contributed by atoms with Crippen molar-refractivity contribution in [2.45, 2.75) is 6.42 Å². The molecule has 5 heteroatoms. The standard InChI is InChI=1S/C15H18NO3P/c17-20(18,19)12-4-11-16-15-9-7-14(8-10-15)13-5-2-1-3-6-13/h1-3,5-10,16H,4,11-12H2,(H2,17,18,19). The molecule has 106 valence electrons. The second kappa shape index (κ2) is 6.71. The maximum absolute atomic E-state index is 10.7.